The predicted molar refractivity (Wildman–Crippen MR) is 92.4 cm³/mol. The molecule has 5 heteroatoms. The molecule has 0 aliphatic carbocycles. The van der Waals surface area contributed by atoms with Crippen molar-refractivity contribution in [3.05, 3.63) is 71.8 Å². The van der Waals surface area contributed by atoms with E-state index in [-0.39, 0.29) is 11.3 Å². The Bertz CT molecular complexity index is 886. The van der Waals surface area contributed by atoms with Crippen LogP contribution in [0.1, 0.15) is 22.8 Å². The van der Waals surface area contributed by atoms with Crippen LogP contribution in [0.5, 0.6) is 0 Å². The highest BCUT2D eigenvalue weighted by molar-refractivity contribution is 5.99. The fourth-order valence-electron chi connectivity index (χ4n) is 2.66. The summed E-state index contributed by atoms with van der Waals surface area (Å²) in [6, 6.07) is 12.6. The van der Waals surface area contributed by atoms with Crippen LogP contribution < -0.4 is 5.32 Å². The molecule has 1 heterocycles. The van der Waals surface area contributed by atoms with Gasteiger partial charge in [0, 0.05) is 31.0 Å². The van der Waals surface area contributed by atoms with Gasteiger partial charge in [-0.3, -0.25) is 9.48 Å². The Hall–Kier alpha value is -2.95. The number of carbonyl (C=O) groups is 1. The van der Waals surface area contributed by atoms with E-state index in [4.69, 9.17) is 0 Å². The normalized spacial score (nSPS) is 10.6. The molecule has 4 nitrogen and oxygen atoms in total. The van der Waals surface area contributed by atoms with Crippen molar-refractivity contribution >= 4 is 11.5 Å². The number of Topliss-reactive ketones (excluding diaryl/α,β-unsaturated/α-hetero) is 1. The molecule has 0 amide bonds. The first-order valence-electron chi connectivity index (χ1n) is 7.66. The summed E-state index contributed by atoms with van der Waals surface area (Å²) in [4.78, 5) is 11.7. The second-order valence-corrected chi connectivity index (χ2v) is 5.68. The maximum atomic E-state index is 13.8. The Labute approximate surface area is 139 Å². The molecular weight excluding hydrogens is 305 g/mol. The van der Waals surface area contributed by atoms with Crippen LogP contribution in [0.2, 0.25) is 0 Å². The number of hydrogen-bond acceptors (Lipinski definition) is 3. The molecule has 0 radical (unpaired) electrons. The summed E-state index contributed by atoms with van der Waals surface area (Å²) in [7, 11) is 1.88. The number of halogens is 1. The summed E-state index contributed by atoms with van der Waals surface area (Å²) in [6.45, 7) is 1.87. The van der Waals surface area contributed by atoms with Crippen molar-refractivity contribution in [1.29, 1.82) is 0 Å². The van der Waals surface area contributed by atoms with Gasteiger partial charge in [0.15, 0.2) is 5.78 Å². The molecule has 122 valence electrons. The van der Waals surface area contributed by atoms with Gasteiger partial charge in [0.2, 0.25) is 0 Å². The van der Waals surface area contributed by atoms with E-state index >= 15 is 0 Å². The monoisotopic (exact) mass is 323 g/mol. The van der Waals surface area contributed by atoms with E-state index in [1.54, 1.807) is 16.8 Å². The first-order valence-corrected chi connectivity index (χ1v) is 7.66. The van der Waals surface area contributed by atoms with Gasteiger partial charge in [-0.2, -0.15) is 5.10 Å². The van der Waals surface area contributed by atoms with Gasteiger partial charge in [-0.25, -0.2) is 4.39 Å². The molecule has 0 fully saturated rings. The second-order valence-electron chi connectivity index (χ2n) is 5.68. The Morgan fingerprint density at radius 3 is 2.71 bits per heavy atom. The summed E-state index contributed by atoms with van der Waals surface area (Å²) in [5.74, 6) is -0.795. The van der Waals surface area contributed by atoms with Crippen LogP contribution >= 0.6 is 0 Å². The van der Waals surface area contributed by atoms with Gasteiger partial charge in [-0.05, 0) is 36.2 Å². The van der Waals surface area contributed by atoms with Crippen LogP contribution in [-0.4, -0.2) is 15.6 Å². The van der Waals surface area contributed by atoms with Gasteiger partial charge in [0.1, 0.15) is 5.82 Å². The Morgan fingerprint density at radius 2 is 2.00 bits per heavy atom. The van der Waals surface area contributed by atoms with Crippen molar-refractivity contribution in [2.45, 2.75) is 13.5 Å². The molecule has 2 aromatic carbocycles. The molecule has 0 aliphatic heterocycles. The molecule has 0 unspecified atom stereocenters. The zero-order chi connectivity index (χ0) is 17.1. The zero-order valence-electron chi connectivity index (χ0n) is 13.6. The van der Waals surface area contributed by atoms with Crippen LogP contribution in [0.4, 0.5) is 10.1 Å². The number of aromatic nitrogens is 2. The van der Waals surface area contributed by atoms with Crippen molar-refractivity contribution < 1.29 is 9.18 Å². The number of carbonyl (C=O) groups excluding carboxylic acids is 1. The Morgan fingerprint density at radius 1 is 1.21 bits per heavy atom. The van der Waals surface area contributed by atoms with Crippen LogP contribution in [-0.2, 0) is 13.6 Å². The molecule has 0 bridgehead atoms. The lowest BCUT2D eigenvalue weighted by molar-refractivity contribution is 0.101. The van der Waals surface area contributed by atoms with E-state index in [2.05, 4.69) is 16.5 Å². The lowest BCUT2D eigenvalue weighted by Gasteiger charge is -2.11. The van der Waals surface area contributed by atoms with Crippen LogP contribution in [0.15, 0.2) is 54.9 Å². The highest BCUT2D eigenvalue weighted by atomic mass is 19.1. The number of anilines is 1. The van der Waals surface area contributed by atoms with E-state index in [0.717, 1.165) is 16.7 Å². The van der Waals surface area contributed by atoms with Crippen LogP contribution in [0, 0.1) is 5.82 Å². The Kier molecular flexibility index (Phi) is 4.42. The molecule has 1 N–H and O–H groups in total. The number of nitrogens with one attached hydrogen (secondary N) is 1. The second kappa shape index (κ2) is 6.66. The largest absolute Gasteiger partial charge is 0.380 e. The SMILES string of the molecule is CC(=O)c1c(F)cccc1NCc1cccc(-c2cnn(C)c2)c1. The molecule has 24 heavy (non-hydrogen) atoms. The minimum Gasteiger partial charge on any atom is -0.380 e. The molecule has 0 atom stereocenters. The molecule has 3 aromatic rings. The van der Waals surface area contributed by atoms with Crippen molar-refractivity contribution in [3.8, 4) is 11.1 Å². The van der Waals surface area contributed by atoms with E-state index in [1.807, 2.05) is 37.6 Å². The van der Waals surface area contributed by atoms with Gasteiger partial charge >= 0.3 is 0 Å². The molecule has 3 rings (SSSR count). The molecule has 0 saturated heterocycles. The zero-order valence-corrected chi connectivity index (χ0v) is 13.6. The highest BCUT2D eigenvalue weighted by Gasteiger charge is 2.12. The summed E-state index contributed by atoms with van der Waals surface area (Å²) in [5.41, 5.74) is 3.74. The number of hydrogen-bond donors (Lipinski definition) is 1. The standard InChI is InChI=1S/C19H18FN3O/c1-13(24)19-17(20)7-4-8-18(19)21-10-14-5-3-6-15(9-14)16-11-22-23(2)12-16/h3-9,11-12,21H,10H2,1-2H3. The van der Waals surface area contributed by atoms with Crippen LogP contribution in [0.3, 0.4) is 0 Å². The average molecular weight is 323 g/mol. The summed E-state index contributed by atoms with van der Waals surface area (Å²) in [6.07, 6.45) is 3.76. The quantitative estimate of drug-likeness (QED) is 0.721. The number of benzene rings is 2. The Balaban J connectivity index is 1.81. The fraction of sp³-hybridized carbons (Fsp3) is 0.158. The molecule has 0 spiro atoms. The van der Waals surface area contributed by atoms with E-state index in [0.29, 0.717) is 12.2 Å². The molecule has 1 aromatic heterocycles. The smallest absolute Gasteiger partial charge is 0.164 e. The van der Waals surface area contributed by atoms with Gasteiger partial charge < -0.3 is 5.32 Å². The van der Waals surface area contributed by atoms with Gasteiger partial charge in [0.25, 0.3) is 0 Å². The first kappa shape index (κ1) is 15.9. The minimum atomic E-state index is -0.503. The van der Waals surface area contributed by atoms with Crippen molar-refractivity contribution in [2.24, 2.45) is 7.05 Å². The number of aryl methyl sites for hydroxylation is 1. The number of ketones is 1. The lowest BCUT2D eigenvalue weighted by Crippen LogP contribution is -2.07. The van der Waals surface area contributed by atoms with E-state index < -0.39 is 5.82 Å². The third-order valence-electron chi connectivity index (χ3n) is 3.81. The average Bonchev–Trinajstić information content (AvgIpc) is 2.99. The fourth-order valence-corrected chi connectivity index (χ4v) is 2.66. The topological polar surface area (TPSA) is 46.9 Å². The van der Waals surface area contributed by atoms with Crippen molar-refractivity contribution in [1.82, 2.24) is 9.78 Å². The third kappa shape index (κ3) is 3.35. The van der Waals surface area contributed by atoms with Crippen molar-refractivity contribution in [2.75, 3.05) is 5.32 Å². The molecule has 0 saturated carbocycles. The predicted octanol–water partition coefficient (Wildman–Crippen LogP) is 4.04. The van der Waals surface area contributed by atoms with E-state index in [1.165, 1.54) is 13.0 Å². The van der Waals surface area contributed by atoms with Gasteiger partial charge in [-0.15, -0.1) is 0 Å². The summed E-state index contributed by atoms with van der Waals surface area (Å²) < 4.78 is 15.6. The number of rotatable bonds is 5. The van der Waals surface area contributed by atoms with Gasteiger partial charge in [0.05, 0.1) is 11.8 Å². The summed E-state index contributed by atoms with van der Waals surface area (Å²) in [5, 5.41) is 7.33. The van der Waals surface area contributed by atoms with Gasteiger partial charge in [-0.1, -0.05) is 24.3 Å². The maximum absolute atomic E-state index is 13.8. The molecule has 0 aliphatic rings. The first-order chi connectivity index (χ1) is 11.5. The van der Waals surface area contributed by atoms with Crippen LogP contribution in [0.25, 0.3) is 11.1 Å². The number of nitrogens with zero attached hydrogens (tertiary/aromatic N) is 2. The summed E-state index contributed by atoms with van der Waals surface area (Å²) >= 11 is 0. The maximum Gasteiger partial charge on any atom is 0.164 e. The van der Waals surface area contributed by atoms with Crippen molar-refractivity contribution in [3.63, 3.8) is 0 Å². The highest BCUT2D eigenvalue weighted by Crippen LogP contribution is 2.22. The van der Waals surface area contributed by atoms with E-state index in [9.17, 15) is 9.18 Å². The molecular formula is C19H18FN3O. The lowest BCUT2D eigenvalue weighted by atomic mass is 10.1. The minimum absolute atomic E-state index is 0.0981. The third-order valence-corrected chi connectivity index (χ3v) is 3.81.